The van der Waals surface area contributed by atoms with Crippen molar-refractivity contribution in [2.24, 2.45) is 0 Å². The molecule has 6 heteroatoms. The van der Waals surface area contributed by atoms with Gasteiger partial charge in [-0.05, 0) is 76.7 Å². The van der Waals surface area contributed by atoms with Gasteiger partial charge in [0.2, 0.25) is 0 Å². The van der Waals surface area contributed by atoms with Gasteiger partial charge in [0.1, 0.15) is 34.5 Å². The number of hydrogen-bond acceptors (Lipinski definition) is 6. The van der Waals surface area contributed by atoms with Crippen LogP contribution in [0.5, 0.6) is 34.5 Å². The standard InChI is InChI=1S/C29H24O6/c1-15-2-5-17(11-25(15)34)27-23(8-16-3-6-19(30)7-4-16)24-13-22(33)14-26(35)29(24)28(27)18-9-20(31)12-21(32)10-18/h2-14,27-28,30-35H,1H3/b23-8-/t27-,28+/m1/s1. The van der Waals surface area contributed by atoms with E-state index in [0.717, 1.165) is 16.7 Å². The van der Waals surface area contributed by atoms with E-state index in [9.17, 15) is 30.6 Å². The molecule has 0 aromatic heterocycles. The topological polar surface area (TPSA) is 121 Å². The van der Waals surface area contributed by atoms with Crippen molar-refractivity contribution in [3.63, 3.8) is 0 Å². The molecule has 0 radical (unpaired) electrons. The molecule has 0 saturated carbocycles. The van der Waals surface area contributed by atoms with Crippen molar-refractivity contribution >= 4 is 11.6 Å². The summed E-state index contributed by atoms with van der Waals surface area (Å²) < 4.78 is 0. The van der Waals surface area contributed by atoms with Crippen LogP contribution in [0.25, 0.3) is 11.6 Å². The number of fused-ring (bicyclic) bond motifs is 1. The van der Waals surface area contributed by atoms with Crippen molar-refractivity contribution in [3.05, 3.63) is 106 Å². The maximum atomic E-state index is 11.0. The van der Waals surface area contributed by atoms with E-state index in [1.54, 1.807) is 49.4 Å². The van der Waals surface area contributed by atoms with Crippen LogP contribution in [0.1, 0.15) is 45.2 Å². The van der Waals surface area contributed by atoms with Gasteiger partial charge in [-0.1, -0.05) is 30.3 Å². The molecular weight excluding hydrogens is 444 g/mol. The Morgan fingerprint density at radius 2 is 1.23 bits per heavy atom. The predicted octanol–water partition coefficient (Wildman–Crippen LogP) is 5.70. The Kier molecular flexibility index (Phi) is 5.29. The lowest BCUT2D eigenvalue weighted by Gasteiger charge is -2.24. The second-order valence-electron chi connectivity index (χ2n) is 8.90. The first kappa shape index (κ1) is 22.2. The van der Waals surface area contributed by atoms with E-state index in [1.165, 1.54) is 24.3 Å². The number of aromatic hydroxyl groups is 6. The van der Waals surface area contributed by atoms with E-state index in [-0.39, 0.29) is 34.5 Å². The maximum Gasteiger partial charge on any atom is 0.123 e. The summed E-state index contributed by atoms with van der Waals surface area (Å²) in [5, 5.41) is 62.0. The molecule has 2 atom stereocenters. The van der Waals surface area contributed by atoms with Gasteiger partial charge >= 0.3 is 0 Å². The molecule has 0 spiro atoms. The zero-order valence-corrected chi connectivity index (χ0v) is 18.8. The molecule has 1 aliphatic rings. The third-order valence-electron chi connectivity index (χ3n) is 6.52. The van der Waals surface area contributed by atoms with Crippen LogP contribution in [0, 0.1) is 6.92 Å². The lowest BCUT2D eigenvalue weighted by molar-refractivity contribution is 0.440. The predicted molar refractivity (Wildman–Crippen MR) is 133 cm³/mol. The SMILES string of the molecule is Cc1ccc([C@@H]2/C(=C\c3ccc(O)cc3)c3cc(O)cc(O)c3[C@H]2c2cc(O)cc(O)c2)cc1O. The number of rotatable bonds is 3. The highest BCUT2D eigenvalue weighted by molar-refractivity contribution is 5.93. The molecule has 176 valence electrons. The smallest absolute Gasteiger partial charge is 0.123 e. The van der Waals surface area contributed by atoms with Crippen LogP contribution in [0.3, 0.4) is 0 Å². The average molecular weight is 469 g/mol. The summed E-state index contributed by atoms with van der Waals surface area (Å²) >= 11 is 0. The Hall–Kier alpha value is -4.58. The lowest BCUT2D eigenvalue weighted by atomic mass is 9.79. The first-order chi connectivity index (χ1) is 16.7. The molecular formula is C29H24O6. The molecule has 1 aliphatic carbocycles. The summed E-state index contributed by atoms with van der Waals surface area (Å²) in [6.45, 7) is 1.80. The van der Waals surface area contributed by atoms with Crippen molar-refractivity contribution < 1.29 is 30.6 Å². The lowest BCUT2D eigenvalue weighted by Crippen LogP contribution is -2.08. The minimum absolute atomic E-state index is 0.109. The third kappa shape index (κ3) is 3.99. The number of phenolic OH excluding ortho intramolecular Hbond substituents is 6. The number of hydrogen-bond donors (Lipinski definition) is 6. The molecule has 0 aliphatic heterocycles. The third-order valence-corrected chi connectivity index (χ3v) is 6.52. The Labute approximate surface area is 201 Å². The van der Waals surface area contributed by atoms with Crippen molar-refractivity contribution in [3.8, 4) is 34.5 Å². The fourth-order valence-electron chi connectivity index (χ4n) is 4.97. The number of allylic oxidation sites excluding steroid dienone is 1. The van der Waals surface area contributed by atoms with Gasteiger partial charge in [0, 0.05) is 29.5 Å². The molecule has 4 aromatic rings. The monoisotopic (exact) mass is 468 g/mol. The molecule has 0 amide bonds. The minimum atomic E-state index is -0.547. The van der Waals surface area contributed by atoms with Crippen LogP contribution in [-0.2, 0) is 0 Å². The fraction of sp³-hybridized carbons (Fsp3) is 0.103. The molecule has 35 heavy (non-hydrogen) atoms. The Morgan fingerprint density at radius 1 is 0.571 bits per heavy atom. The summed E-state index contributed by atoms with van der Waals surface area (Å²) in [7, 11) is 0. The number of aryl methyl sites for hydroxylation is 1. The largest absolute Gasteiger partial charge is 0.508 e. The zero-order chi connectivity index (χ0) is 24.9. The van der Waals surface area contributed by atoms with Gasteiger partial charge in [0.25, 0.3) is 0 Å². The second-order valence-corrected chi connectivity index (χ2v) is 8.90. The maximum absolute atomic E-state index is 11.0. The van der Waals surface area contributed by atoms with E-state index in [2.05, 4.69) is 0 Å². The average Bonchev–Trinajstić information content (AvgIpc) is 3.11. The zero-order valence-electron chi connectivity index (χ0n) is 18.8. The van der Waals surface area contributed by atoms with Gasteiger partial charge in [0.15, 0.2) is 0 Å². The fourth-order valence-corrected chi connectivity index (χ4v) is 4.97. The molecule has 6 N–H and O–H groups in total. The first-order valence-electron chi connectivity index (χ1n) is 11.1. The highest BCUT2D eigenvalue weighted by Crippen LogP contribution is 2.59. The van der Waals surface area contributed by atoms with Crippen LogP contribution in [0.4, 0.5) is 0 Å². The normalized spacial score (nSPS) is 18.0. The Morgan fingerprint density at radius 3 is 1.89 bits per heavy atom. The van der Waals surface area contributed by atoms with E-state index in [1.807, 2.05) is 12.1 Å². The Balaban J connectivity index is 1.84. The quantitative estimate of drug-likeness (QED) is 0.229. The van der Waals surface area contributed by atoms with E-state index in [0.29, 0.717) is 22.3 Å². The highest BCUT2D eigenvalue weighted by atomic mass is 16.3. The van der Waals surface area contributed by atoms with Gasteiger partial charge < -0.3 is 30.6 Å². The molecule has 5 rings (SSSR count). The van der Waals surface area contributed by atoms with Crippen LogP contribution in [0.15, 0.2) is 72.8 Å². The molecule has 4 aromatic carbocycles. The number of phenols is 6. The first-order valence-corrected chi connectivity index (χ1v) is 11.1. The summed E-state index contributed by atoms with van der Waals surface area (Å²) in [5.41, 5.74) is 4.70. The summed E-state index contributed by atoms with van der Waals surface area (Å²) in [6.07, 6.45) is 1.90. The van der Waals surface area contributed by atoms with E-state index >= 15 is 0 Å². The summed E-state index contributed by atoms with van der Waals surface area (Å²) in [4.78, 5) is 0. The molecule has 0 fully saturated rings. The van der Waals surface area contributed by atoms with Crippen molar-refractivity contribution in [2.75, 3.05) is 0 Å². The molecule has 0 saturated heterocycles. The molecule has 6 nitrogen and oxygen atoms in total. The van der Waals surface area contributed by atoms with Crippen molar-refractivity contribution in [1.82, 2.24) is 0 Å². The van der Waals surface area contributed by atoms with Crippen molar-refractivity contribution in [1.29, 1.82) is 0 Å². The number of benzene rings is 4. The molecule has 0 bridgehead atoms. The van der Waals surface area contributed by atoms with Gasteiger partial charge in [-0.25, -0.2) is 0 Å². The van der Waals surface area contributed by atoms with Crippen LogP contribution >= 0.6 is 0 Å². The highest BCUT2D eigenvalue weighted by Gasteiger charge is 2.41. The van der Waals surface area contributed by atoms with Crippen LogP contribution in [-0.4, -0.2) is 30.6 Å². The van der Waals surface area contributed by atoms with Gasteiger partial charge in [-0.15, -0.1) is 0 Å². The molecule has 0 heterocycles. The van der Waals surface area contributed by atoms with E-state index in [4.69, 9.17) is 0 Å². The molecule has 0 unspecified atom stereocenters. The van der Waals surface area contributed by atoms with Crippen LogP contribution < -0.4 is 0 Å². The van der Waals surface area contributed by atoms with Gasteiger partial charge in [-0.3, -0.25) is 0 Å². The van der Waals surface area contributed by atoms with Crippen molar-refractivity contribution in [2.45, 2.75) is 18.8 Å². The Bertz CT molecular complexity index is 1450. The van der Waals surface area contributed by atoms with Crippen LogP contribution in [0.2, 0.25) is 0 Å². The van der Waals surface area contributed by atoms with Gasteiger partial charge in [-0.2, -0.15) is 0 Å². The second kappa shape index (κ2) is 8.33. The van der Waals surface area contributed by atoms with E-state index < -0.39 is 11.8 Å². The summed E-state index contributed by atoms with van der Waals surface area (Å²) in [6, 6.07) is 19.1. The van der Waals surface area contributed by atoms with Gasteiger partial charge in [0.05, 0.1) is 0 Å². The minimum Gasteiger partial charge on any atom is -0.508 e. The summed E-state index contributed by atoms with van der Waals surface area (Å²) in [5.74, 6) is -1.23.